The Morgan fingerprint density at radius 3 is 2.65 bits per heavy atom. The molecule has 0 saturated carbocycles. The summed E-state index contributed by atoms with van der Waals surface area (Å²) >= 11 is 0. The molecule has 0 bridgehead atoms. The lowest BCUT2D eigenvalue weighted by molar-refractivity contribution is 0.0945. The fourth-order valence-corrected chi connectivity index (χ4v) is 4.16. The smallest absolute Gasteiger partial charge is 0.258 e. The fraction of sp³-hybridized carbons (Fsp3) is 0.214. The van der Waals surface area contributed by atoms with Crippen LogP contribution in [0.4, 0.5) is 11.6 Å². The molecular weight excluding hydrogens is 470 g/mol. The number of methoxy groups -OCH3 is 2. The number of anilines is 2. The predicted molar refractivity (Wildman–Crippen MR) is 138 cm³/mol. The van der Waals surface area contributed by atoms with Crippen molar-refractivity contribution in [2.45, 2.75) is 19.6 Å². The molecule has 1 amide bonds. The number of fused-ring (bicyclic) bond motifs is 1. The Kier molecular flexibility index (Phi) is 7.12. The molecule has 1 aliphatic heterocycles. The van der Waals surface area contributed by atoms with Crippen molar-refractivity contribution in [3.8, 4) is 17.4 Å². The number of rotatable bonds is 9. The fourth-order valence-electron chi connectivity index (χ4n) is 4.16. The number of hydrogen-bond donors (Lipinski definition) is 1. The number of carbonyl (C=O) groups is 1. The van der Waals surface area contributed by atoms with Crippen LogP contribution in [-0.2, 0) is 19.6 Å². The largest absolute Gasteiger partial charge is 0.497 e. The van der Waals surface area contributed by atoms with Crippen LogP contribution in [0.3, 0.4) is 0 Å². The van der Waals surface area contributed by atoms with Gasteiger partial charge in [0.15, 0.2) is 0 Å². The molecule has 0 spiro atoms. The maximum Gasteiger partial charge on any atom is 0.258 e. The van der Waals surface area contributed by atoms with E-state index in [-0.39, 0.29) is 24.0 Å². The summed E-state index contributed by atoms with van der Waals surface area (Å²) in [6, 6.07) is 17.2. The number of amides is 1. The standard InChI is InChI=1S/C28H27N5O4/c1-35-22-7-3-5-19(13-22)18-37-27-24(26(34)30-16-20-6-4-11-29-15-20)17-31-28(32-27)33-12-10-21-14-23(36-2)8-9-25(21)33/h3-9,11,13-15,17H,10,12,16,18H2,1-2H3,(H,30,34). The van der Waals surface area contributed by atoms with Gasteiger partial charge in [-0.3, -0.25) is 9.78 Å². The number of aromatic nitrogens is 3. The predicted octanol–water partition coefficient (Wildman–Crippen LogP) is 4.09. The molecule has 5 rings (SSSR count). The summed E-state index contributed by atoms with van der Waals surface area (Å²) in [6.45, 7) is 1.25. The van der Waals surface area contributed by atoms with E-state index in [2.05, 4.69) is 20.3 Å². The molecule has 2 aromatic heterocycles. The highest BCUT2D eigenvalue weighted by molar-refractivity contribution is 5.96. The van der Waals surface area contributed by atoms with Gasteiger partial charge >= 0.3 is 0 Å². The molecular formula is C28H27N5O4. The number of nitrogens with zero attached hydrogens (tertiary/aromatic N) is 4. The molecule has 1 N–H and O–H groups in total. The van der Waals surface area contributed by atoms with Gasteiger partial charge in [0, 0.05) is 37.4 Å². The van der Waals surface area contributed by atoms with E-state index in [9.17, 15) is 4.79 Å². The van der Waals surface area contributed by atoms with Crippen molar-refractivity contribution in [3.05, 3.63) is 95.4 Å². The maximum absolute atomic E-state index is 13.1. The quantitative estimate of drug-likeness (QED) is 0.369. The van der Waals surface area contributed by atoms with Crippen molar-refractivity contribution in [2.75, 3.05) is 25.7 Å². The topological polar surface area (TPSA) is 98.7 Å². The van der Waals surface area contributed by atoms with Gasteiger partial charge in [-0.25, -0.2) is 4.98 Å². The Labute approximate surface area is 215 Å². The molecule has 4 aromatic rings. The molecule has 0 radical (unpaired) electrons. The van der Waals surface area contributed by atoms with E-state index in [1.165, 1.54) is 6.20 Å². The summed E-state index contributed by atoms with van der Waals surface area (Å²) in [5.74, 6) is 1.88. The molecule has 0 atom stereocenters. The molecule has 0 unspecified atom stereocenters. The molecule has 0 fully saturated rings. The zero-order valence-electron chi connectivity index (χ0n) is 20.7. The number of pyridine rings is 1. The molecule has 2 aromatic carbocycles. The zero-order valence-corrected chi connectivity index (χ0v) is 20.7. The van der Waals surface area contributed by atoms with Crippen molar-refractivity contribution in [1.29, 1.82) is 0 Å². The second-order valence-electron chi connectivity index (χ2n) is 8.47. The van der Waals surface area contributed by atoms with Gasteiger partial charge in [-0.15, -0.1) is 0 Å². The average Bonchev–Trinajstić information content (AvgIpc) is 3.38. The van der Waals surface area contributed by atoms with E-state index in [4.69, 9.17) is 14.2 Å². The van der Waals surface area contributed by atoms with Crippen LogP contribution in [-0.4, -0.2) is 41.6 Å². The normalized spacial score (nSPS) is 12.1. The maximum atomic E-state index is 13.1. The summed E-state index contributed by atoms with van der Waals surface area (Å²) < 4.78 is 16.8. The number of hydrogen-bond acceptors (Lipinski definition) is 8. The Balaban J connectivity index is 1.42. The van der Waals surface area contributed by atoms with Crippen LogP contribution in [0.5, 0.6) is 17.4 Å². The number of benzene rings is 2. The van der Waals surface area contributed by atoms with Crippen LogP contribution in [0.15, 0.2) is 73.2 Å². The monoisotopic (exact) mass is 497 g/mol. The summed E-state index contributed by atoms with van der Waals surface area (Å²) in [6.07, 6.45) is 5.75. The summed E-state index contributed by atoms with van der Waals surface area (Å²) in [5.41, 5.74) is 4.19. The van der Waals surface area contributed by atoms with Crippen LogP contribution >= 0.6 is 0 Å². The van der Waals surface area contributed by atoms with Crippen molar-refractivity contribution in [3.63, 3.8) is 0 Å². The molecule has 0 saturated heterocycles. The summed E-state index contributed by atoms with van der Waals surface area (Å²) in [7, 11) is 3.27. The molecule has 0 aliphatic carbocycles. The van der Waals surface area contributed by atoms with E-state index in [0.717, 1.165) is 40.3 Å². The molecule has 37 heavy (non-hydrogen) atoms. The highest BCUT2D eigenvalue weighted by atomic mass is 16.5. The van der Waals surface area contributed by atoms with E-state index in [0.29, 0.717) is 19.0 Å². The highest BCUT2D eigenvalue weighted by Crippen LogP contribution is 2.36. The minimum absolute atomic E-state index is 0.207. The van der Waals surface area contributed by atoms with Gasteiger partial charge in [0.25, 0.3) is 5.91 Å². The van der Waals surface area contributed by atoms with Crippen LogP contribution in [0.1, 0.15) is 27.0 Å². The molecule has 9 nitrogen and oxygen atoms in total. The lowest BCUT2D eigenvalue weighted by Gasteiger charge is -2.19. The Morgan fingerprint density at radius 1 is 1.00 bits per heavy atom. The number of carbonyl (C=O) groups excluding carboxylic acids is 1. The van der Waals surface area contributed by atoms with E-state index < -0.39 is 0 Å². The third-order valence-electron chi connectivity index (χ3n) is 6.09. The van der Waals surface area contributed by atoms with Crippen molar-refractivity contribution in [1.82, 2.24) is 20.3 Å². The Morgan fingerprint density at radius 2 is 1.84 bits per heavy atom. The minimum atomic E-state index is -0.331. The summed E-state index contributed by atoms with van der Waals surface area (Å²) in [5, 5.41) is 2.90. The SMILES string of the molecule is COc1cccc(COc2nc(N3CCc4cc(OC)ccc43)ncc2C(=O)NCc2cccnc2)c1. The number of nitrogens with one attached hydrogen (secondary N) is 1. The lowest BCUT2D eigenvalue weighted by atomic mass is 10.1. The third-order valence-corrected chi connectivity index (χ3v) is 6.09. The average molecular weight is 498 g/mol. The molecule has 9 heteroatoms. The van der Waals surface area contributed by atoms with E-state index in [1.54, 1.807) is 26.6 Å². The second kappa shape index (κ2) is 10.9. The molecule has 3 heterocycles. The van der Waals surface area contributed by atoms with Gasteiger partial charge in [0.05, 0.1) is 14.2 Å². The van der Waals surface area contributed by atoms with Crippen molar-refractivity contribution in [2.24, 2.45) is 0 Å². The van der Waals surface area contributed by atoms with Gasteiger partial charge in [-0.1, -0.05) is 18.2 Å². The van der Waals surface area contributed by atoms with Gasteiger partial charge in [0.2, 0.25) is 11.8 Å². The first-order valence-corrected chi connectivity index (χ1v) is 11.9. The van der Waals surface area contributed by atoms with Gasteiger partial charge in [-0.2, -0.15) is 4.98 Å². The van der Waals surface area contributed by atoms with Crippen LogP contribution in [0.25, 0.3) is 0 Å². The van der Waals surface area contributed by atoms with E-state index in [1.807, 2.05) is 59.5 Å². The first-order chi connectivity index (χ1) is 18.1. The third kappa shape index (κ3) is 5.45. The number of ether oxygens (including phenoxy) is 3. The van der Waals surface area contributed by atoms with Gasteiger partial charge in [-0.05, 0) is 59.5 Å². The first kappa shape index (κ1) is 24.1. The highest BCUT2D eigenvalue weighted by Gasteiger charge is 2.25. The molecule has 1 aliphatic rings. The lowest BCUT2D eigenvalue weighted by Crippen LogP contribution is -2.25. The molecule has 188 valence electrons. The van der Waals surface area contributed by atoms with Crippen molar-refractivity contribution >= 4 is 17.5 Å². The van der Waals surface area contributed by atoms with Crippen LogP contribution in [0, 0.1) is 0 Å². The van der Waals surface area contributed by atoms with Crippen molar-refractivity contribution < 1.29 is 19.0 Å². The van der Waals surface area contributed by atoms with Crippen LogP contribution in [0.2, 0.25) is 0 Å². The van der Waals surface area contributed by atoms with Crippen LogP contribution < -0.4 is 24.4 Å². The Bertz CT molecular complexity index is 1400. The van der Waals surface area contributed by atoms with Gasteiger partial charge in [0.1, 0.15) is 23.7 Å². The van der Waals surface area contributed by atoms with Gasteiger partial charge < -0.3 is 24.4 Å². The Hall–Kier alpha value is -4.66. The summed E-state index contributed by atoms with van der Waals surface area (Å²) in [4.78, 5) is 28.4. The van der Waals surface area contributed by atoms with E-state index >= 15 is 0 Å². The second-order valence-corrected chi connectivity index (χ2v) is 8.47. The zero-order chi connectivity index (χ0) is 25.6. The minimum Gasteiger partial charge on any atom is -0.497 e. The first-order valence-electron chi connectivity index (χ1n) is 11.9.